The first kappa shape index (κ1) is 13.8. The van der Waals surface area contributed by atoms with Gasteiger partial charge in [0.2, 0.25) is 0 Å². The van der Waals surface area contributed by atoms with Gasteiger partial charge in [-0.25, -0.2) is 0 Å². The SMILES string of the molecule is NC(=S)c1cccn(CCc2ccc3c(c2)CCO3)c1=O. The highest BCUT2D eigenvalue weighted by Crippen LogP contribution is 2.26. The maximum atomic E-state index is 12.2. The van der Waals surface area contributed by atoms with E-state index in [1.54, 1.807) is 22.9 Å². The van der Waals surface area contributed by atoms with Gasteiger partial charge < -0.3 is 15.0 Å². The molecule has 108 valence electrons. The number of nitrogens with zero attached hydrogens (tertiary/aromatic N) is 1. The molecule has 0 saturated carbocycles. The monoisotopic (exact) mass is 300 g/mol. The predicted molar refractivity (Wildman–Crippen MR) is 85.9 cm³/mol. The molecule has 1 aliphatic heterocycles. The number of nitrogens with two attached hydrogens (primary N) is 1. The van der Waals surface area contributed by atoms with Crippen LogP contribution in [0.3, 0.4) is 0 Å². The Bertz CT molecular complexity index is 752. The van der Waals surface area contributed by atoms with Gasteiger partial charge in [0.25, 0.3) is 5.56 Å². The lowest BCUT2D eigenvalue weighted by Crippen LogP contribution is -2.28. The first-order chi connectivity index (χ1) is 10.1. The van der Waals surface area contributed by atoms with Gasteiger partial charge in [-0.15, -0.1) is 0 Å². The van der Waals surface area contributed by atoms with Crippen molar-refractivity contribution < 1.29 is 4.74 Å². The molecule has 2 heterocycles. The summed E-state index contributed by atoms with van der Waals surface area (Å²) in [7, 11) is 0. The van der Waals surface area contributed by atoms with Gasteiger partial charge in [0.1, 0.15) is 10.7 Å². The van der Waals surface area contributed by atoms with Crippen molar-refractivity contribution in [1.29, 1.82) is 0 Å². The van der Waals surface area contributed by atoms with Crippen molar-refractivity contribution in [2.24, 2.45) is 5.73 Å². The third-order valence-electron chi connectivity index (χ3n) is 3.68. The van der Waals surface area contributed by atoms with E-state index < -0.39 is 0 Å². The number of aromatic nitrogens is 1. The normalized spacial score (nSPS) is 12.8. The molecule has 21 heavy (non-hydrogen) atoms. The molecular formula is C16H16N2O2S. The Hall–Kier alpha value is -2.14. The van der Waals surface area contributed by atoms with E-state index in [1.807, 2.05) is 12.1 Å². The zero-order valence-electron chi connectivity index (χ0n) is 11.5. The van der Waals surface area contributed by atoms with Crippen molar-refractivity contribution in [3.8, 4) is 5.75 Å². The molecule has 5 heteroatoms. The van der Waals surface area contributed by atoms with Crippen molar-refractivity contribution in [2.45, 2.75) is 19.4 Å². The van der Waals surface area contributed by atoms with E-state index in [9.17, 15) is 4.79 Å². The number of thiocarbonyl (C=S) groups is 1. The second-order valence-corrected chi connectivity index (χ2v) is 5.52. The Labute approximate surface area is 128 Å². The summed E-state index contributed by atoms with van der Waals surface area (Å²) in [5.41, 5.74) is 8.27. The standard InChI is InChI=1S/C16H16N2O2S/c17-15(21)13-2-1-7-18(16(13)19)8-5-11-3-4-14-12(10-11)6-9-20-14/h1-4,7,10H,5-6,8-9H2,(H2,17,21). The average molecular weight is 300 g/mol. The van der Waals surface area contributed by atoms with Gasteiger partial charge in [-0.05, 0) is 35.7 Å². The number of rotatable bonds is 4. The number of aryl methyl sites for hydroxylation is 2. The maximum absolute atomic E-state index is 12.2. The number of ether oxygens (including phenoxy) is 1. The van der Waals surface area contributed by atoms with E-state index >= 15 is 0 Å². The number of fused-ring (bicyclic) bond motifs is 1. The fraction of sp³-hybridized carbons (Fsp3) is 0.250. The molecule has 3 rings (SSSR count). The predicted octanol–water partition coefficient (Wildman–Crippen LogP) is 1.66. The second kappa shape index (κ2) is 5.69. The van der Waals surface area contributed by atoms with E-state index in [1.165, 1.54) is 11.1 Å². The van der Waals surface area contributed by atoms with Crippen LogP contribution in [0.1, 0.15) is 16.7 Å². The topological polar surface area (TPSA) is 57.2 Å². The van der Waals surface area contributed by atoms with E-state index in [4.69, 9.17) is 22.7 Å². The van der Waals surface area contributed by atoms with E-state index in [-0.39, 0.29) is 10.5 Å². The summed E-state index contributed by atoms with van der Waals surface area (Å²) in [6, 6.07) is 9.67. The third-order valence-corrected chi connectivity index (χ3v) is 3.90. The van der Waals surface area contributed by atoms with Crippen molar-refractivity contribution in [1.82, 2.24) is 4.57 Å². The van der Waals surface area contributed by atoms with Gasteiger partial charge in [0.15, 0.2) is 0 Å². The van der Waals surface area contributed by atoms with Crippen molar-refractivity contribution in [3.63, 3.8) is 0 Å². The lowest BCUT2D eigenvalue weighted by Gasteiger charge is -2.08. The van der Waals surface area contributed by atoms with Crippen LogP contribution in [0.25, 0.3) is 0 Å². The van der Waals surface area contributed by atoms with Gasteiger partial charge in [-0.1, -0.05) is 24.4 Å². The molecule has 2 aromatic rings. The Morgan fingerprint density at radius 2 is 2.24 bits per heavy atom. The zero-order chi connectivity index (χ0) is 14.8. The zero-order valence-corrected chi connectivity index (χ0v) is 12.4. The molecular weight excluding hydrogens is 284 g/mol. The molecule has 0 fully saturated rings. The molecule has 2 N–H and O–H groups in total. The molecule has 1 aromatic heterocycles. The molecule has 1 aliphatic rings. The number of hydrogen-bond acceptors (Lipinski definition) is 3. The van der Waals surface area contributed by atoms with Crippen LogP contribution in [0.2, 0.25) is 0 Å². The molecule has 0 unspecified atom stereocenters. The molecule has 0 atom stereocenters. The summed E-state index contributed by atoms with van der Waals surface area (Å²) >= 11 is 4.89. The van der Waals surface area contributed by atoms with E-state index in [0.29, 0.717) is 12.1 Å². The molecule has 0 amide bonds. The molecule has 0 radical (unpaired) electrons. The smallest absolute Gasteiger partial charge is 0.260 e. The molecule has 0 aliphatic carbocycles. The third kappa shape index (κ3) is 2.83. The van der Waals surface area contributed by atoms with Gasteiger partial charge in [-0.2, -0.15) is 0 Å². The minimum atomic E-state index is -0.130. The Morgan fingerprint density at radius 1 is 1.38 bits per heavy atom. The Balaban J connectivity index is 1.78. The Morgan fingerprint density at radius 3 is 3.05 bits per heavy atom. The molecule has 1 aromatic carbocycles. The van der Waals surface area contributed by atoms with Gasteiger partial charge in [-0.3, -0.25) is 4.79 Å². The summed E-state index contributed by atoms with van der Waals surface area (Å²) in [6.07, 6.45) is 3.51. The first-order valence-electron chi connectivity index (χ1n) is 6.89. The Kier molecular flexibility index (Phi) is 3.75. The minimum absolute atomic E-state index is 0.130. The highest BCUT2D eigenvalue weighted by Gasteiger charge is 2.12. The first-order valence-corrected chi connectivity index (χ1v) is 7.30. The van der Waals surface area contributed by atoms with Crippen molar-refractivity contribution in [3.05, 3.63) is 63.6 Å². The van der Waals surface area contributed by atoms with Crippen LogP contribution in [0.5, 0.6) is 5.75 Å². The van der Waals surface area contributed by atoms with E-state index in [0.717, 1.165) is 25.2 Å². The van der Waals surface area contributed by atoms with E-state index in [2.05, 4.69) is 6.07 Å². The quantitative estimate of drug-likeness (QED) is 0.873. The molecule has 0 bridgehead atoms. The number of hydrogen-bond donors (Lipinski definition) is 1. The van der Waals surface area contributed by atoms with Gasteiger partial charge in [0, 0.05) is 19.2 Å². The lowest BCUT2D eigenvalue weighted by atomic mass is 10.1. The second-order valence-electron chi connectivity index (χ2n) is 5.08. The lowest BCUT2D eigenvalue weighted by molar-refractivity contribution is 0.357. The van der Waals surface area contributed by atoms with Crippen LogP contribution in [0.4, 0.5) is 0 Å². The minimum Gasteiger partial charge on any atom is -0.493 e. The van der Waals surface area contributed by atoms with Crippen molar-refractivity contribution >= 4 is 17.2 Å². The summed E-state index contributed by atoms with van der Waals surface area (Å²) in [6.45, 7) is 1.36. The van der Waals surface area contributed by atoms with Gasteiger partial charge in [0.05, 0.1) is 12.2 Å². The summed E-state index contributed by atoms with van der Waals surface area (Å²) in [4.78, 5) is 12.3. The number of pyridine rings is 1. The van der Waals surface area contributed by atoms with Crippen molar-refractivity contribution in [2.75, 3.05) is 6.61 Å². The van der Waals surface area contributed by atoms with Crippen LogP contribution in [0.15, 0.2) is 41.3 Å². The largest absolute Gasteiger partial charge is 0.493 e. The fourth-order valence-electron chi connectivity index (χ4n) is 2.55. The number of benzene rings is 1. The molecule has 0 spiro atoms. The van der Waals surface area contributed by atoms with Crippen LogP contribution >= 0.6 is 12.2 Å². The summed E-state index contributed by atoms with van der Waals surface area (Å²) in [5.74, 6) is 0.978. The van der Waals surface area contributed by atoms with Crippen LogP contribution in [-0.4, -0.2) is 16.2 Å². The average Bonchev–Trinajstić information content (AvgIpc) is 2.93. The highest BCUT2D eigenvalue weighted by molar-refractivity contribution is 7.80. The summed E-state index contributed by atoms with van der Waals surface area (Å²) < 4.78 is 7.14. The highest BCUT2D eigenvalue weighted by atomic mass is 32.1. The molecule has 0 saturated heterocycles. The van der Waals surface area contributed by atoms with Crippen LogP contribution in [0, 0.1) is 0 Å². The maximum Gasteiger partial charge on any atom is 0.260 e. The van der Waals surface area contributed by atoms with Crippen LogP contribution < -0.4 is 16.0 Å². The molecule has 4 nitrogen and oxygen atoms in total. The van der Waals surface area contributed by atoms with Gasteiger partial charge >= 0.3 is 0 Å². The van der Waals surface area contributed by atoms with Crippen LogP contribution in [-0.2, 0) is 19.4 Å². The fourth-order valence-corrected chi connectivity index (χ4v) is 2.70. The summed E-state index contributed by atoms with van der Waals surface area (Å²) in [5, 5.41) is 0.